The van der Waals surface area contributed by atoms with Crippen molar-refractivity contribution in [3.63, 3.8) is 0 Å². The Morgan fingerprint density at radius 2 is 1.87 bits per heavy atom. The summed E-state index contributed by atoms with van der Waals surface area (Å²) in [7, 11) is 1.64. The molecule has 0 radical (unpaired) electrons. The van der Waals surface area contributed by atoms with Crippen molar-refractivity contribution >= 4 is 32.6 Å². The summed E-state index contributed by atoms with van der Waals surface area (Å²) in [5.41, 5.74) is 3.01. The molecule has 0 spiro atoms. The van der Waals surface area contributed by atoms with E-state index >= 15 is 0 Å². The number of anilines is 1. The lowest BCUT2D eigenvalue weighted by molar-refractivity contribution is -0.120. The van der Waals surface area contributed by atoms with Crippen LogP contribution in [0.25, 0.3) is 10.2 Å². The van der Waals surface area contributed by atoms with Gasteiger partial charge < -0.3 is 14.4 Å². The zero-order valence-electron chi connectivity index (χ0n) is 19.0. The van der Waals surface area contributed by atoms with Crippen molar-refractivity contribution in [1.82, 2.24) is 9.88 Å². The third-order valence-corrected chi connectivity index (χ3v) is 6.54. The van der Waals surface area contributed by atoms with Gasteiger partial charge in [0.1, 0.15) is 17.0 Å². The number of hydrogen-bond donors (Lipinski definition) is 0. The standard InChI is InChI=1S/C24H31N3O3S/c1-6-26(7-2)13-14-27(21(28)16-30-19-10-8-9-17(3)15-19)24-25-22-20(29-5)12-11-18(4)23(22)31-24/h8-12,15H,6-7,13-14,16H2,1-5H3. The Balaban J connectivity index is 1.87. The van der Waals surface area contributed by atoms with Gasteiger partial charge >= 0.3 is 0 Å². The monoisotopic (exact) mass is 441 g/mol. The van der Waals surface area contributed by atoms with E-state index in [1.807, 2.05) is 50.2 Å². The SMILES string of the molecule is CCN(CC)CCN(C(=O)COc1cccc(C)c1)c1nc2c(OC)ccc(C)c2s1. The number of aryl methyl sites for hydroxylation is 2. The van der Waals surface area contributed by atoms with Crippen LogP contribution in [0.3, 0.4) is 0 Å². The number of likely N-dealkylation sites (N-methyl/N-ethyl adjacent to an activating group) is 1. The first kappa shape index (κ1) is 23.0. The molecule has 6 nitrogen and oxygen atoms in total. The van der Waals surface area contributed by atoms with Gasteiger partial charge in [0.05, 0.1) is 11.8 Å². The molecule has 0 aliphatic carbocycles. The molecule has 1 amide bonds. The van der Waals surface area contributed by atoms with Crippen LogP contribution in [0.15, 0.2) is 36.4 Å². The van der Waals surface area contributed by atoms with Gasteiger partial charge in [0.15, 0.2) is 11.7 Å². The van der Waals surface area contributed by atoms with Crippen LogP contribution < -0.4 is 14.4 Å². The lowest BCUT2D eigenvalue weighted by Gasteiger charge is -2.24. The smallest absolute Gasteiger partial charge is 0.266 e. The van der Waals surface area contributed by atoms with E-state index in [4.69, 9.17) is 14.5 Å². The fraction of sp³-hybridized carbons (Fsp3) is 0.417. The topological polar surface area (TPSA) is 54.9 Å². The van der Waals surface area contributed by atoms with E-state index in [0.717, 1.165) is 46.7 Å². The molecule has 31 heavy (non-hydrogen) atoms. The van der Waals surface area contributed by atoms with Crippen LogP contribution in [0.4, 0.5) is 5.13 Å². The first-order valence-corrected chi connectivity index (χ1v) is 11.4. The number of hydrogen-bond acceptors (Lipinski definition) is 6. The van der Waals surface area contributed by atoms with Crippen LogP contribution in [0, 0.1) is 13.8 Å². The summed E-state index contributed by atoms with van der Waals surface area (Å²) in [6.07, 6.45) is 0. The number of fused-ring (bicyclic) bond motifs is 1. The number of carbonyl (C=O) groups excluding carboxylic acids is 1. The summed E-state index contributed by atoms with van der Waals surface area (Å²) in [5, 5.41) is 0.674. The van der Waals surface area contributed by atoms with E-state index in [0.29, 0.717) is 17.4 Å². The molecule has 0 saturated heterocycles. The second-order valence-electron chi connectivity index (χ2n) is 7.44. The molecule has 0 N–H and O–H groups in total. The minimum atomic E-state index is -0.107. The lowest BCUT2D eigenvalue weighted by atomic mass is 10.2. The van der Waals surface area contributed by atoms with Crippen molar-refractivity contribution < 1.29 is 14.3 Å². The highest BCUT2D eigenvalue weighted by Gasteiger charge is 2.22. The van der Waals surface area contributed by atoms with Crippen molar-refractivity contribution in [3.8, 4) is 11.5 Å². The van der Waals surface area contributed by atoms with E-state index in [9.17, 15) is 4.79 Å². The van der Waals surface area contributed by atoms with Crippen LogP contribution in [0.2, 0.25) is 0 Å². The van der Waals surface area contributed by atoms with Gasteiger partial charge in [0.25, 0.3) is 5.91 Å². The summed E-state index contributed by atoms with van der Waals surface area (Å²) in [6, 6.07) is 11.7. The Kier molecular flexibility index (Phi) is 7.87. The molecule has 3 aromatic rings. The zero-order valence-corrected chi connectivity index (χ0v) is 19.8. The number of amides is 1. The van der Waals surface area contributed by atoms with Gasteiger partial charge in [-0.05, 0) is 56.3 Å². The molecule has 2 aromatic carbocycles. The van der Waals surface area contributed by atoms with Gasteiger partial charge in [-0.2, -0.15) is 0 Å². The molecule has 0 aliphatic rings. The highest BCUT2D eigenvalue weighted by atomic mass is 32.1. The molecule has 0 bridgehead atoms. The van der Waals surface area contributed by atoms with E-state index in [-0.39, 0.29) is 12.5 Å². The molecule has 0 aliphatic heterocycles. The predicted molar refractivity (Wildman–Crippen MR) is 128 cm³/mol. The molecule has 7 heteroatoms. The quantitative estimate of drug-likeness (QED) is 0.457. The minimum Gasteiger partial charge on any atom is -0.494 e. The maximum Gasteiger partial charge on any atom is 0.266 e. The average Bonchev–Trinajstić information content (AvgIpc) is 3.21. The molecular formula is C24H31N3O3S. The third-order valence-electron chi connectivity index (χ3n) is 5.33. The molecule has 166 valence electrons. The largest absolute Gasteiger partial charge is 0.494 e. The third kappa shape index (κ3) is 5.54. The van der Waals surface area contributed by atoms with Crippen LogP contribution in [-0.2, 0) is 4.79 Å². The maximum atomic E-state index is 13.2. The van der Waals surface area contributed by atoms with Crippen molar-refractivity contribution in [3.05, 3.63) is 47.5 Å². The van der Waals surface area contributed by atoms with Crippen molar-refractivity contribution in [2.45, 2.75) is 27.7 Å². The number of rotatable bonds is 10. The summed E-state index contributed by atoms with van der Waals surface area (Å²) >= 11 is 1.52. The average molecular weight is 442 g/mol. The van der Waals surface area contributed by atoms with Gasteiger partial charge in [0, 0.05) is 13.1 Å². The van der Waals surface area contributed by atoms with E-state index in [1.54, 1.807) is 12.0 Å². The summed E-state index contributed by atoms with van der Waals surface area (Å²) in [6.45, 7) is 11.5. The predicted octanol–water partition coefficient (Wildman–Crippen LogP) is 4.68. The van der Waals surface area contributed by atoms with Crippen molar-refractivity contribution in [2.24, 2.45) is 0 Å². The highest BCUT2D eigenvalue weighted by molar-refractivity contribution is 7.22. The first-order valence-electron chi connectivity index (χ1n) is 10.6. The molecule has 1 heterocycles. The number of thiazole rings is 1. The minimum absolute atomic E-state index is 0.0340. The van der Waals surface area contributed by atoms with Gasteiger partial charge in [-0.1, -0.05) is 43.4 Å². The summed E-state index contributed by atoms with van der Waals surface area (Å²) in [5.74, 6) is 1.30. The lowest BCUT2D eigenvalue weighted by Crippen LogP contribution is -2.41. The number of carbonyl (C=O) groups is 1. The Hall–Kier alpha value is -2.64. The molecule has 0 atom stereocenters. The molecule has 0 unspecified atom stereocenters. The Labute approximate surface area is 188 Å². The number of aromatic nitrogens is 1. The zero-order chi connectivity index (χ0) is 22.4. The van der Waals surface area contributed by atoms with Crippen molar-refractivity contribution in [2.75, 3.05) is 44.8 Å². The Morgan fingerprint density at radius 3 is 2.55 bits per heavy atom. The molecular weight excluding hydrogens is 410 g/mol. The van der Waals surface area contributed by atoms with Crippen molar-refractivity contribution in [1.29, 1.82) is 0 Å². The molecule has 0 saturated carbocycles. The van der Waals surface area contributed by atoms with E-state index < -0.39 is 0 Å². The Morgan fingerprint density at radius 1 is 1.10 bits per heavy atom. The van der Waals surface area contributed by atoms with Gasteiger partial charge in [-0.25, -0.2) is 4.98 Å². The van der Waals surface area contributed by atoms with Gasteiger partial charge in [0.2, 0.25) is 0 Å². The number of methoxy groups -OCH3 is 1. The van der Waals surface area contributed by atoms with Gasteiger partial charge in [-0.15, -0.1) is 0 Å². The number of nitrogens with zero attached hydrogens (tertiary/aromatic N) is 3. The summed E-state index contributed by atoms with van der Waals surface area (Å²) in [4.78, 5) is 22.1. The fourth-order valence-corrected chi connectivity index (χ4v) is 4.51. The number of ether oxygens (including phenoxy) is 2. The van der Waals surface area contributed by atoms with E-state index in [2.05, 4.69) is 18.7 Å². The first-order chi connectivity index (χ1) is 15.0. The van der Waals surface area contributed by atoms with Gasteiger partial charge in [-0.3, -0.25) is 9.69 Å². The fourth-order valence-electron chi connectivity index (χ4n) is 3.41. The van der Waals surface area contributed by atoms with Crippen LogP contribution in [-0.4, -0.2) is 55.7 Å². The van der Waals surface area contributed by atoms with Crippen LogP contribution in [0.5, 0.6) is 11.5 Å². The van der Waals surface area contributed by atoms with E-state index in [1.165, 1.54) is 11.3 Å². The molecule has 1 aromatic heterocycles. The second kappa shape index (κ2) is 10.6. The number of benzene rings is 2. The highest BCUT2D eigenvalue weighted by Crippen LogP contribution is 2.36. The van der Waals surface area contributed by atoms with Crippen LogP contribution >= 0.6 is 11.3 Å². The summed E-state index contributed by atoms with van der Waals surface area (Å²) < 4.78 is 12.3. The normalized spacial score (nSPS) is 11.2. The van der Waals surface area contributed by atoms with Crippen LogP contribution in [0.1, 0.15) is 25.0 Å². The molecule has 0 fully saturated rings. The maximum absolute atomic E-state index is 13.2. The second-order valence-corrected chi connectivity index (χ2v) is 8.41. The Bertz CT molecular complexity index is 1030. The molecule has 3 rings (SSSR count).